The van der Waals surface area contributed by atoms with Crippen molar-refractivity contribution in [2.75, 3.05) is 0 Å². The SMILES string of the molecule is Cc1cc(CNC(=O)c2cc(C(=O)C(=O)NC(C)(C)C)c[nH]2)ccc1F. The molecule has 2 rings (SSSR count). The van der Waals surface area contributed by atoms with Crippen molar-refractivity contribution in [2.24, 2.45) is 0 Å². The summed E-state index contributed by atoms with van der Waals surface area (Å²) in [6.45, 7) is 7.17. The van der Waals surface area contributed by atoms with E-state index in [0.29, 0.717) is 5.56 Å². The van der Waals surface area contributed by atoms with E-state index in [4.69, 9.17) is 0 Å². The molecule has 0 radical (unpaired) electrons. The van der Waals surface area contributed by atoms with E-state index in [1.54, 1.807) is 39.8 Å². The first-order chi connectivity index (χ1) is 12.1. The van der Waals surface area contributed by atoms with E-state index < -0.39 is 23.1 Å². The maximum atomic E-state index is 13.3. The smallest absolute Gasteiger partial charge is 0.292 e. The van der Waals surface area contributed by atoms with Crippen LogP contribution < -0.4 is 10.6 Å². The number of nitrogens with one attached hydrogen (secondary N) is 3. The average molecular weight is 359 g/mol. The van der Waals surface area contributed by atoms with Crippen LogP contribution in [-0.2, 0) is 11.3 Å². The van der Waals surface area contributed by atoms with Gasteiger partial charge in [0.2, 0.25) is 0 Å². The summed E-state index contributed by atoms with van der Waals surface area (Å²) < 4.78 is 13.3. The van der Waals surface area contributed by atoms with E-state index in [1.807, 2.05) is 0 Å². The number of H-pyrrole nitrogens is 1. The van der Waals surface area contributed by atoms with Gasteiger partial charge in [0.1, 0.15) is 11.5 Å². The molecule has 0 spiro atoms. The first-order valence-corrected chi connectivity index (χ1v) is 8.15. The number of hydrogen-bond donors (Lipinski definition) is 3. The third-order valence-corrected chi connectivity index (χ3v) is 3.56. The molecular weight excluding hydrogens is 337 g/mol. The van der Waals surface area contributed by atoms with Gasteiger partial charge in [-0.3, -0.25) is 14.4 Å². The fourth-order valence-corrected chi connectivity index (χ4v) is 2.28. The highest BCUT2D eigenvalue weighted by molar-refractivity contribution is 6.43. The summed E-state index contributed by atoms with van der Waals surface area (Å²) >= 11 is 0. The average Bonchev–Trinajstić information content (AvgIpc) is 3.03. The van der Waals surface area contributed by atoms with Crippen LogP contribution in [0, 0.1) is 12.7 Å². The number of carbonyl (C=O) groups excluding carboxylic acids is 3. The summed E-state index contributed by atoms with van der Waals surface area (Å²) in [4.78, 5) is 38.9. The van der Waals surface area contributed by atoms with Crippen molar-refractivity contribution in [1.82, 2.24) is 15.6 Å². The molecule has 1 aromatic carbocycles. The Morgan fingerprint density at radius 3 is 2.46 bits per heavy atom. The Kier molecular flexibility index (Phi) is 5.59. The summed E-state index contributed by atoms with van der Waals surface area (Å²) in [5, 5.41) is 5.26. The van der Waals surface area contributed by atoms with Crippen LogP contribution >= 0.6 is 0 Å². The predicted octanol–water partition coefficient (Wildman–Crippen LogP) is 2.49. The van der Waals surface area contributed by atoms with E-state index in [0.717, 1.165) is 5.56 Å². The molecule has 3 N–H and O–H groups in total. The lowest BCUT2D eigenvalue weighted by Gasteiger charge is -2.19. The molecule has 1 heterocycles. The highest BCUT2D eigenvalue weighted by Crippen LogP contribution is 2.10. The van der Waals surface area contributed by atoms with Crippen LogP contribution in [0.4, 0.5) is 4.39 Å². The molecule has 6 nitrogen and oxygen atoms in total. The van der Waals surface area contributed by atoms with Gasteiger partial charge in [-0.05, 0) is 51.0 Å². The molecule has 2 amide bonds. The molecule has 1 aromatic heterocycles. The number of aromatic amines is 1. The van der Waals surface area contributed by atoms with Gasteiger partial charge in [-0.25, -0.2) is 4.39 Å². The Bertz CT molecular complexity index is 850. The van der Waals surface area contributed by atoms with Gasteiger partial charge in [0.15, 0.2) is 0 Å². The van der Waals surface area contributed by atoms with Crippen molar-refractivity contribution < 1.29 is 18.8 Å². The Morgan fingerprint density at radius 2 is 1.85 bits per heavy atom. The summed E-state index contributed by atoms with van der Waals surface area (Å²) in [7, 11) is 0. The largest absolute Gasteiger partial charge is 0.356 e. The Labute approximate surface area is 151 Å². The number of halogens is 1. The van der Waals surface area contributed by atoms with Gasteiger partial charge in [0.25, 0.3) is 17.6 Å². The number of rotatable bonds is 5. The van der Waals surface area contributed by atoms with Crippen molar-refractivity contribution in [1.29, 1.82) is 0 Å². The lowest BCUT2D eigenvalue weighted by Crippen LogP contribution is -2.44. The first-order valence-electron chi connectivity index (χ1n) is 8.15. The zero-order chi connectivity index (χ0) is 19.5. The Hall–Kier alpha value is -2.96. The number of amides is 2. The molecule has 0 saturated carbocycles. The quantitative estimate of drug-likeness (QED) is 0.566. The molecule has 2 aromatic rings. The number of Topliss-reactive ketones (excluding diaryl/α,β-unsaturated/α-hetero) is 1. The monoisotopic (exact) mass is 359 g/mol. The molecule has 0 aliphatic carbocycles. The van der Waals surface area contributed by atoms with Gasteiger partial charge in [-0.15, -0.1) is 0 Å². The van der Waals surface area contributed by atoms with E-state index in [9.17, 15) is 18.8 Å². The van der Waals surface area contributed by atoms with E-state index >= 15 is 0 Å². The fourth-order valence-electron chi connectivity index (χ4n) is 2.28. The summed E-state index contributed by atoms with van der Waals surface area (Å²) in [5.74, 6) is -2.18. The van der Waals surface area contributed by atoms with Crippen molar-refractivity contribution in [2.45, 2.75) is 39.8 Å². The maximum absolute atomic E-state index is 13.3. The lowest BCUT2D eigenvalue weighted by molar-refractivity contribution is -0.118. The first kappa shape index (κ1) is 19.4. The van der Waals surface area contributed by atoms with Crippen LogP contribution in [0.1, 0.15) is 52.7 Å². The second kappa shape index (κ2) is 7.51. The molecular formula is C19H22FN3O3. The van der Waals surface area contributed by atoms with E-state index in [1.165, 1.54) is 18.3 Å². The third kappa shape index (κ3) is 5.02. The number of aryl methyl sites for hydroxylation is 1. The standard InChI is InChI=1S/C19H22FN3O3/c1-11-7-12(5-6-14(11)20)9-22-17(25)15-8-13(10-21-15)16(24)18(26)23-19(2,3)4/h5-8,10,21H,9H2,1-4H3,(H,22,25)(H,23,26). The maximum Gasteiger partial charge on any atom is 0.292 e. The summed E-state index contributed by atoms with van der Waals surface area (Å²) in [5.41, 5.74) is 0.987. The number of hydrogen-bond acceptors (Lipinski definition) is 3. The zero-order valence-corrected chi connectivity index (χ0v) is 15.2. The normalized spacial score (nSPS) is 11.1. The predicted molar refractivity (Wildman–Crippen MR) is 95.3 cm³/mol. The van der Waals surface area contributed by atoms with Crippen LogP contribution in [0.3, 0.4) is 0 Å². The van der Waals surface area contributed by atoms with E-state index in [-0.39, 0.29) is 23.6 Å². The summed E-state index contributed by atoms with van der Waals surface area (Å²) in [6, 6.07) is 5.91. The molecule has 0 bridgehead atoms. The van der Waals surface area contributed by atoms with Gasteiger partial charge >= 0.3 is 0 Å². The van der Waals surface area contributed by atoms with Crippen molar-refractivity contribution >= 4 is 17.6 Å². The van der Waals surface area contributed by atoms with Gasteiger partial charge in [-0.1, -0.05) is 12.1 Å². The molecule has 0 aliphatic heterocycles. The van der Waals surface area contributed by atoms with Gasteiger partial charge in [-0.2, -0.15) is 0 Å². The van der Waals surface area contributed by atoms with Crippen LogP contribution in [0.25, 0.3) is 0 Å². The van der Waals surface area contributed by atoms with Gasteiger partial charge < -0.3 is 15.6 Å². The van der Waals surface area contributed by atoms with Crippen molar-refractivity contribution in [3.63, 3.8) is 0 Å². The van der Waals surface area contributed by atoms with Crippen LogP contribution in [0.5, 0.6) is 0 Å². The summed E-state index contributed by atoms with van der Waals surface area (Å²) in [6.07, 6.45) is 1.32. The van der Waals surface area contributed by atoms with Gasteiger partial charge in [0, 0.05) is 23.8 Å². The van der Waals surface area contributed by atoms with Crippen LogP contribution in [-0.4, -0.2) is 28.1 Å². The molecule has 7 heteroatoms. The van der Waals surface area contributed by atoms with Gasteiger partial charge in [0.05, 0.1) is 0 Å². The highest BCUT2D eigenvalue weighted by Gasteiger charge is 2.23. The van der Waals surface area contributed by atoms with Crippen LogP contribution in [0.15, 0.2) is 30.5 Å². The Morgan fingerprint density at radius 1 is 1.15 bits per heavy atom. The molecule has 0 fully saturated rings. The third-order valence-electron chi connectivity index (χ3n) is 3.56. The number of aromatic nitrogens is 1. The minimum Gasteiger partial charge on any atom is -0.356 e. The highest BCUT2D eigenvalue weighted by atomic mass is 19.1. The minimum absolute atomic E-state index is 0.106. The fraction of sp³-hybridized carbons (Fsp3) is 0.316. The molecule has 0 unspecified atom stereocenters. The molecule has 26 heavy (non-hydrogen) atoms. The lowest BCUT2D eigenvalue weighted by atomic mass is 10.1. The van der Waals surface area contributed by atoms with E-state index in [2.05, 4.69) is 15.6 Å². The zero-order valence-electron chi connectivity index (χ0n) is 15.2. The number of ketones is 1. The molecule has 0 aliphatic rings. The number of benzene rings is 1. The Balaban J connectivity index is 1.99. The second-order valence-corrected chi connectivity index (χ2v) is 7.10. The van der Waals surface area contributed by atoms with Crippen molar-refractivity contribution in [3.8, 4) is 0 Å². The second-order valence-electron chi connectivity index (χ2n) is 7.10. The molecule has 0 atom stereocenters. The van der Waals surface area contributed by atoms with Crippen LogP contribution in [0.2, 0.25) is 0 Å². The van der Waals surface area contributed by atoms with Crippen molar-refractivity contribution in [3.05, 3.63) is 58.7 Å². The number of carbonyl (C=O) groups is 3. The molecule has 0 saturated heterocycles. The minimum atomic E-state index is -0.731. The topological polar surface area (TPSA) is 91.1 Å². The molecule has 138 valence electrons.